The molecular formula is C5H11NO4. The van der Waals surface area contributed by atoms with E-state index in [1.165, 1.54) is 7.05 Å². The molecule has 0 aromatic carbocycles. The van der Waals surface area contributed by atoms with E-state index in [1.54, 1.807) is 0 Å². The lowest BCUT2D eigenvalue weighted by Crippen LogP contribution is -2.26. The number of aliphatic hydroxyl groups is 2. The summed E-state index contributed by atoms with van der Waals surface area (Å²) in [4.78, 5) is 10.3. The maximum atomic E-state index is 10.3. The van der Waals surface area contributed by atoms with Gasteiger partial charge in [0.15, 0.2) is 0 Å². The van der Waals surface area contributed by atoms with Gasteiger partial charge in [0.1, 0.15) is 12.7 Å². The molecule has 0 aromatic rings. The molecule has 0 aromatic heterocycles. The summed E-state index contributed by atoms with van der Waals surface area (Å²) in [7, 11) is 1.41. The third-order valence-corrected chi connectivity index (χ3v) is 0.822. The molecule has 3 N–H and O–H groups in total. The number of aliphatic hydroxyl groups excluding tert-OH is 2. The van der Waals surface area contributed by atoms with Crippen LogP contribution in [0.3, 0.4) is 0 Å². The maximum Gasteiger partial charge on any atom is 0.406 e. The Hall–Kier alpha value is -0.810. The summed E-state index contributed by atoms with van der Waals surface area (Å²) in [6, 6.07) is 0. The van der Waals surface area contributed by atoms with E-state index in [9.17, 15) is 4.79 Å². The minimum atomic E-state index is -0.989. The second-order valence-electron chi connectivity index (χ2n) is 1.68. The largest absolute Gasteiger partial charge is 0.447 e. The molecule has 0 unspecified atom stereocenters. The predicted octanol–water partition coefficient (Wildman–Crippen LogP) is -1.30. The summed E-state index contributed by atoms with van der Waals surface area (Å²) >= 11 is 0. The fourth-order valence-corrected chi connectivity index (χ4v) is 0.297. The zero-order valence-corrected chi connectivity index (χ0v) is 5.70. The minimum absolute atomic E-state index is 0.184. The van der Waals surface area contributed by atoms with Crippen LogP contribution in [-0.2, 0) is 4.74 Å². The highest BCUT2D eigenvalue weighted by Crippen LogP contribution is 1.83. The van der Waals surface area contributed by atoms with Gasteiger partial charge in [-0.3, -0.25) is 0 Å². The molecule has 0 saturated heterocycles. The van der Waals surface area contributed by atoms with E-state index < -0.39 is 18.8 Å². The van der Waals surface area contributed by atoms with Gasteiger partial charge in [-0.1, -0.05) is 0 Å². The Morgan fingerprint density at radius 2 is 2.40 bits per heavy atom. The van der Waals surface area contributed by atoms with E-state index in [-0.39, 0.29) is 6.61 Å². The Labute approximate surface area is 58.6 Å². The molecule has 0 aliphatic carbocycles. The van der Waals surface area contributed by atoms with Gasteiger partial charge in [-0.2, -0.15) is 0 Å². The van der Waals surface area contributed by atoms with Crippen molar-refractivity contribution < 1.29 is 19.7 Å². The lowest BCUT2D eigenvalue weighted by atomic mass is 10.4. The monoisotopic (exact) mass is 149 g/mol. The number of hydrogen-bond acceptors (Lipinski definition) is 4. The van der Waals surface area contributed by atoms with Crippen LogP contribution >= 0.6 is 0 Å². The van der Waals surface area contributed by atoms with Crippen LogP contribution in [-0.4, -0.2) is 42.7 Å². The molecule has 0 spiro atoms. The number of ether oxygens (including phenoxy) is 1. The highest BCUT2D eigenvalue weighted by atomic mass is 16.6. The van der Waals surface area contributed by atoms with Crippen molar-refractivity contribution in [1.82, 2.24) is 5.32 Å². The standard InChI is InChI=1S/C5H11NO4/c1-6-5(9)10-3-4(8)2-7/h4,7-8H,2-3H2,1H3,(H,6,9)/t4-/m0/s1. The molecule has 0 fully saturated rings. The van der Waals surface area contributed by atoms with Crippen LogP contribution in [0.2, 0.25) is 0 Å². The van der Waals surface area contributed by atoms with Gasteiger partial charge in [0, 0.05) is 7.05 Å². The lowest BCUT2D eigenvalue weighted by Gasteiger charge is -2.06. The maximum absolute atomic E-state index is 10.3. The molecule has 0 saturated carbocycles. The SMILES string of the molecule is CNC(=O)OC[C@@H](O)CO. The second kappa shape index (κ2) is 5.01. The summed E-state index contributed by atoms with van der Waals surface area (Å²) in [5, 5.41) is 19.1. The summed E-state index contributed by atoms with van der Waals surface area (Å²) in [5.74, 6) is 0. The van der Waals surface area contributed by atoms with Crippen molar-refractivity contribution in [2.75, 3.05) is 20.3 Å². The van der Waals surface area contributed by atoms with Crippen LogP contribution in [0.15, 0.2) is 0 Å². The van der Waals surface area contributed by atoms with Crippen molar-refractivity contribution in [1.29, 1.82) is 0 Å². The number of nitrogens with one attached hydrogen (secondary N) is 1. The first-order chi connectivity index (χ1) is 4.70. The number of alkyl carbamates (subject to hydrolysis) is 1. The van der Waals surface area contributed by atoms with Gasteiger partial charge in [-0.15, -0.1) is 0 Å². The van der Waals surface area contributed by atoms with Gasteiger partial charge in [0.25, 0.3) is 0 Å². The number of amides is 1. The van der Waals surface area contributed by atoms with Crippen LogP contribution in [0.4, 0.5) is 4.79 Å². The molecule has 5 nitrogen and oxygen atoms in total. The molecule has 0 heterocycles. The van der Waals surface area contributed by atoms with Crippen LogP contribution in [0, 0.1) is 0 Å². The Morgan fingerprint density at radius 3 is 2.80 bits per heavy atom. The Morgan fingerprint density at radius 1 is 1.80 bits per heavy atom. The van der Waals surface area contributed by atoms with E-state index in [0.717, 1.165) is 0 Å². The third kappa shape index (κ3) is 4.11. The number of rotatable bonds is 3. The van der Waals surface area contributed by atoms with Crippen LogP contribution < -0.4 is 5.32 Å². The van der Waals surface area contributed by atoms with E-state index in [2.05, 4.69) is 10.1 Å². The minimum Gasteiger partial charge on any atom is -0.447 e. The van der Waals surface area contributed by atoms with Crippen molar-refractivity contribution >= 4 is 6.09 Å². The topological polar surface area (TPSA) is 78.8 Å². The van der Waals surface area contributed by atoms with E-state index in [4.69, 9.17) is 10.2 Å². The van der Waals surface area contributed by atoms with Crippen molar-refractivity contribution in [2.45, 2.75) is 6.10 Å². The molecule has 0 aliphatic rings. The van der Waals surface area contributed by atoms with Crippen LogP contribution in [0.1, 0.15) is 0 Å². The molecule has 0 rings (SSSR count). The van der Waals surface area contributed by atoms with Gasteiger partial charge < -0.3 is 20.3 Å². The molecule has 0 aliphatic heterocycles. The molecule has 1 amide bonds. The fourth-order valence-electron chi connectivity index (χ4n) is 0.297. The van der Waals surface area contributed by atoms with Gasteiger partial charge in [0.2, 0.25) is 0 Å². The normalized spacial score (nSPS) is 12.3. The van der Waals surface area contributed by atoms with Crippen molar-refractivity contribution in [2.24, 2.45) is 0 Å². The lowest BCUT2D eigenvalue weighted by molar-refractivity contribution is 0.0327. The van der Waals surface area contributed by atoms with Crippen LogP contribution in [0.25, 0.3) is 0 Å². The molecule has 10 heavy (non-hydrogen) atoms. The molecule has 60 valence electrons. The second-order valence-corrected chi connectivity index (χ2v) is 1.68. The number of carbonyl (C=O) groups excluding carboxylic acids is 1. The first kappa shape index (κ1) is 9.19. The molecule has 5 heteroatoms. The zero-order chi connectivity index (χ0) is 7.98. The zero-order valence-electron chi connectivity index (χ0n) is 5.70. The smallest absolute Gasteiger partial charge is 0.406 e. The number of hydrogen-bond donors (Lipinski definition) is 3. The summed E-state index contributed by atoms with van der Waals surface area (Å²) in [6.45, 7) is -0.590. The fraction of sp³-hybridized carbons (Fsp3) is 0.800. The van der Waals surface area contributed by atoms with Gasteiger partial charge in [-0.05, 0) is 0 Å². The molecule has 0 bridgehead atoms. The van der Waals surface area contributed by atoms with E-state index in [1.807, 2.05) is 0 Å². The van der Waals surface area contributed by atoms with E-state index >= 15 is 0 Å². The van der Waals surface area contributed by atoms with Gasteiger partial charge in [-0.25, -0.2) is 4.79 Å². The van der Waals surface area contributed by atoms with E-state index in [0.29, 0.717) is 0 Å². The Kier molecular flexibility index (Phi) is 4.61. The third-order valence-electron chi connectivity index (χ3n) is 0.822. The van der Waals surface area contributed by atoms with Crippen molar-refractivity contribution in [3.8, 4) is 0 Å². The average molecular weight is 149 g/mol. The number of carbonyl (C=O) groups is 1. The predicted molar refractivity (Wildman–Crippen MR) is 33.5 cm³/mol. The van der Waals surface area contributed by atoms with Crippen molar-refractivity contribution in [3.05, 3.63) is 0 Å². The summed E-state index contributed by atoms with van der Waals surface area (Å²) < 4.78 is 4.38. The van der Waals surface area contributed by atoms with Gasteiger partial charge in [0.05, 0.1) is 6.61 Å². The Balaban J connectivity index is 3.26. The van der Waals surface area contributed by atoms with Gasteiger partial charge >= 0.3 is 6.09 Å². The molecule has 1 atom stereocenters. The average Bonchev–Trinajstić information content (AvgIpc) is 1.99. The Bertz CT molecular complexity index is 106. The highest BCUT2D eigenvalue weighted by Gasteiger charge is 2.04. The highest BCUT2D eigenvalue weighted by molar-refractivity contribution is 5.66. The quantitative estimate of drug-likeness (QED) is 0.466. The van der Waals surface area contributed by atoms with Crippen LogP contribution in [0.5, 0.6) is 0 Å². The first-order valence-corrected chi connectivity index (χ1v) is 2.84. The van der Waals surface area contributed by atoms with Crippen molar-refractivity contribution in [3.63, 3.8) is 0 Å². The summed E-state index contributed by atoms with van der Waals surface area (Å²) in [5.41, 5.74) is 0. The first-order valence-electron chi connectivity index (χ1n) is 2.84. The molecular weight excluding hydrogens is 138 g/mol. The summed E-state index contributed by atoms with van der Waals surface area (Å²) in [6.07, 6.45) is -1.61. The molecule has 0 radical (unpaired) electrons.